The molecule has 0 aromatic carbocycles. The number of hydrogen-bond donors (Lipinski definition) is 3. The standard InChI is InChI=1S/C27H49NO6/c1-5-6-7-8-9-10-11-12-13-14-15-16-17-18-19-20-21-28(22(2)25(29)30,23(3)26(31)32)24(4)27(33)34/h6-7,22-24H,5,8-21H2,1-4H3,(H2-,29,30,31,32,33,34)/p+1/b7-6+. The minimum absolute atomic E-state index is 0.225. The molecule has 34 heavy (non-hydrogen) atoms. The maximum atomic E-state index is 11.8. The number of unbranched alkanes of at least 4 members (excludes halogenated alkanes) is 12. The van der Waals surface area contributed by atoms with Crippen molar-refractivity contribution in [1.82, 2.24) is 0 Å². The minimum Gasteiger partial charge on any atom is -0.477 e. The van der Waals surface area contributed by atoms with E-state index in [1.54, 1.807) is 0 Å². The lowest BCUT2D eigenvalue weighted by Crippen LogP contribution is -2.70. The van der Waals surface area contributed by atoms with E-state index in [1.165, 1.54) is 78.6 Å². The maximum absolute atomic E-state index is 11.8. The zero-order chi connectivity index (χ0) is 26.0. The van der Waals surface area contributed by atoms with Crippen LogP contribution in [0.2, 0.25) is 0 Å². The highest BCUT2D eigenvalue weighted by molar-refractivity contribution is 5.77. The molecule has 0 rings (SSSR count). The summed E-state index contributed by atoms with van der Waals surface area (Å²) in [6.07, 6.45) is 20.6. The molecule has 0 aliphatic heterocycles. The molecule has 0 heterocycles. The van der Waals surface area contributed by atoms with Gasteiger partial charge in [0.1, 0.15) is 0 Å². The number of aliphatic carboxylic acids is 3. The maximum Gasteiger partial charge on any atom is 0.362 e. The fourth-order valence-corrected chi connectivity index (χ4v) is 4.90. The van der Waals surface area contributed by atoms with Gasteiger partial charge in [0, 0.05) is 0 Å². The van der Waals surface area contributed by atoms with Crippen LogP contribution in [0.5, 0.6) is 0 Å². The average molecular weight is 485 g/mol. The fourth-order valence-electron chi connectivity index (χ4n) is 4.90. The molecule has 0 bridgehead atoms. The molecule has 0 amide bonds. The monoisotopic (exact) mass is 484 g/mol. The average Bonchev–Trinajstić information content (AvgIpc) is 2.80. The summed E-state index contributed by atoms with van der Waals surface area (Å²) in [5, 5.41) is 28.8. The van der Waals surface area contributed by atoms with E-state index in [-0.39, 0.29) is 6.54 Å². The summed E-state index contributed by atoms with van der Waals surface area (Å²) in [4.78, 5) is 35.3. The Morgan fingerprint density at radius 1 is 0.588 bits per heavy atom. The molecule has 0 aliphatic carbocycles. The van der Waals surface area contributed by atoms with Crippen LogP contribution < -0.4 is 0 Å². The molecule has 198 valence electrons. The fraction of sp³-hybridized carbons (Fsp3) is 0.815. The van der Waals surface area contributed by atoms with Crippen LogP contribution in [0.15, 0.2) is 12.2 Å². The van der Waals surface area contributed by atoms with E-state index in [4.69, 9.17) is 0 Å². The molecular formula is C27H50NO6+. The predicted molar refractivity (Wildman–Crippen MR) is 136 cm³/mol. The van der Waals surface area contributed by atoms with Crippen molar-refractivity contribution in [2.24, 2.45) is 0 Å². The first kappa shape index (κ1) is 32.1. The summed E-state index contributed by atoms with van der Waals surface area (Å²) in [6, 6.07) is -3.36. The molecular weight excluding hydrogens is 434 g/mol. The Bertz CT molecular complexity index is 568. The number of carboxylic acid groups (broad SMARTS) is 3. The summed E-state index contributed by atoms with van der Waals surface area (Å²) in [5.41, 5.74) is 0. The van der Waals surface area contributed by atoms with Crippen molar-refractivity contribution in [2.75, 3.05) is 6.54 Å². The molecule has 7 nitrogen and oxygen atoms in total. The molecule has 3 unspecified atom stereocenters. The molecule has 3 atom stereocenters. The Hall–Kier alpha value is -1.89. The van der Waals surface area contributed by atoms with Crippen molar-refractivity contribution < 1.29 is 34.2 Å². The topological polar surface area (TPSA) is 112 Å². The van der Waals surface area contributed by atoms with Crippen LogP contribution in [0.1, 0.15) is 118 Å². The highest BCUT2D eigenvalue weighted by atomic mass is 16.4. The van der Waals surface area contributed by atoms with Gasteiger partial charge >= 0.3 is 17.9 Å². The van der Waals surface area contributed by atoms with Gasteiger partial charge in [0.2, 0.25) is 0 Å². The third kappa shape index (κ3) is 11.5. The number of carboxylic acids is 3. The SMILES string of the molecule is CC/C=C/CCCCCCCCCCCCCC[N+](C(C)C(=O)O)(C(C)C(=O)O)C(C)C(=O)O. The van der Waals surface area contributed by atoms with E-state index >= 15 is 0 Å². The number of carbonyl (C=O) groups is 3. The number of rotatable bonds is 22. The second-order valence-corrected chi connectivity index (χ2v) is 9.67. The minimum atomic E-state index is -1.17. The van der Waals surface area contributed by atoms with Crippen molar-refractivity contribution in [1.29, 1.82) is 0 Å². The first-order valence-corrected chi connectivity index (χ1v) is 13.3. The number of quaternary nitrogens is 1. The van der Waals surface area contributed by atoms with Gasteiger partial charge in [-0.05, 0) is 52.9 Å². The third-order valence-electron chi connectivity index (χ3n) is 7.30. The molecule has 0 radical (unpaired) electrons. The molecule has 0 fully saturated rings. The summed E-state index contributed by atoms with van der Waals surface area (Å²) in [7, 11) is 0. The second kappa shape index (κ2) is 18.4. The van der Waals surface area contributed by atoms with Crippen molar-refractivity contribution >= 4 is 17.9 Å². The lowest BCUT2D eigenvalue weighted by atomic mass is 10.00. The van der Waals surface area contributed by atoms with Gasteiger partial charge in [0.25, 0.3) is 0 Å². The summed E-state index contributed by atoms with van der Waals surface area (Å²) in [6.45, 7) is 6.65. The van der Waals surface area contributed by atoms with E-state index in [2.05, 4.69) is 19.1 Å². The molecule has 0 aromatic rings. The van der Waals surface area contributed by atoms with Gasteiger partial charge in [-0.15, -0.1) is 0 Å². The highest BCUT2D eigenvalue weighted by Gasteiger charge is 2.52. The smallest absolute Gasteiger partial charge is 0.362 e. The van der Waals surface area contributed by atoms with Gasteiger partial charge in [-0.2, -0.15) is 0 Å². The van der Waals surface area contributed by atoms with Crippen LogP contribution in [0.4, 0.5) is 0 Å². The molecule has 0 aliphatic rings. The van der Waals surface area contributed by atoms with Crippen molar-refractivity contribution in [3.05, 3.63) is 12.2 Å². The zero-order valence-electron chi connectivity index (χ0n) is 22.0. The summed E-state index contributed by atoms with van der Waals surface area (Å²) in [5.74, 6) is -3.52. The van der Waals surface area contributed by atoms with Crippen LogP contribution in [0.3, 0.4) is 0 Å². The number of hydrogen-bond acceptors (Lipinski definition) is 3. The lowest BCUT2D eigenvalue weighted by molar-refractivity contribution is -0.968. The quantitative estimate of drug-likeness (QED) is 0.0950. The van der Waals surface area contributed by atoms with Gasteiger partial charge in [-0.3, -0.25) is 4.48 Å². The Balaban J connectivity index is 4.32. The Morgan fingerprint density at radius 2 is 0.912 bits per heavy atom. The lowest BCUT2D eigenvalue weighted by Gasteiger charge is -2.47. The van der Waals surface area contributed by atoms with Crippen LogP contribution >= 0.6 is 0 Å². The molecule has 3 N–H and O–H groups in total. The first-order chi connectivity index (χ1) is 16.1. The van der Waals surface area contributed by atoms with Crippen LogP contribution in [0.25, 0.3) is 0 Å². The summed E-state index contributed by atoms with van der Waals surface area (Å²) >= 11 is 0. The zero-order valence-corrected chi connectivity index (χ0v) is 22.0. The largest absolute Gasteiger partial charge is 0.477 e. The van der Waals surface area contributed by atoms with Crippen LogP contribution in [-0.2, 0) is 14.4 Å². The predicted octanol–water partition coefficient (Wildman–Crippen LogP) is 6.26. The van der Waals surface area contributed by atoms with Crippen molar-refractivity contribution in [2.45, 2.75) is 136 Å². The van der Waals surface area contributed by atoms with E-state index in [0.29, 0.717) is 6.42 Å². The van der Waals surface area contributed by atoms with Crippen molar-refractivity contribution in [3.8, 4) is 0 Å². The van der Waals surface area contributed by atoms with Gasteiger partial charge < -0.3 is 15.3 Å². The van der Waals surface area contributed by atoms with Crippen molar-refractivity contribution in [3.63, 3.8) is 0 Å². The molecule has 7 heteroatoms. The highest BCUT2D eigenvalue weighted by Crippen LogP contribution is 2.27. The van der Waals surface area contributed by atoms with E-state index < -0.39 is 40.5 Å². The van der Waals surface area contributed by atoms with E-state index in [0.717, 1.165) is 25.7 Å². The first-order valence-electron chi connectivity index (χ1n) is 13.3. The third-order valence-corrected chi connectivity index (χ3v) is 7.30. The van der Waals surface area contributed by atoms with Gasteiger partial charge in [0.15, 0.2) is 18.1 Å². The van der Waals surface area contributed by atoms with Gasteiger partial charge in [0.05, 0.1) is 6.54 Å². The Morgan fingerprint density at radius 3 is 1.24 bits per heavy atom. The molecule has 0 saturated carbocycles. The molecule has 0 spiro atoms. The van der Waals surface area contributed by atoms with Crippen LogP contribution in [-0.4, -0.2) is 62.4 Å². The molecule has 0 saturated heterocycles. The Labute approximate surface area is 206 Å². The Kier molecular flexibility index (Phi) is 17.4. The van der Waals surface area contributed by atoms with E-state index in [9.17, 15) is 29.7 Å². The van der Waals surface area contributed by atoms with E-state index in [1.807, 2.05) is 0 Å². The number of nitrogens with zero attached hydrogens (tertiary/aromatic N) is 1. The van der Waals surface area contributed by atoms with Crippen LogP contribution in [0, 0.1) is 0 Å². The second-order valence-electron chi connectivity index (χ2n) is 9.67. The molecule has 0 aromatic heterocycles. The summed E-state index contributed by atoms with van der Waals surface area (Å²) < 4.78 is -0.477. The normalized spacial score (nSPS) is 16.1. The number of allylic oxidation sites excluding steroid dienone is 2. The van der Waals surface area contributed by atoms with Gasteiger partial charge in [-0.1, -0.05) is 76.9 Å². The van der Waals surface area contributed by atoms with Gasteiger partial charge in [-0.25, -0.2) is 14.4 Å².